The summed E-state index contributed by atoms with van der Waals surface area (Å²) in [5.74, 6) is 0.363. The molecule has 0 atom stereocenters. The van der Waals surface area contributed by atoms with E-state index >= 15 is 0 Å². The Kier molecular flexibility index (Phi) is 4.62. The van der Waals surface area contributed by atoms with E-state index in [9.17, 15) is 9.59 Å². The molecule has 8 heteroatoms. The molecule has 0 fully saturated rings. The van der Waals surface area contributed by atoms with Gasteiger partial charge < -0.3 is 10.1 Å². The molecule has 7 nitrogen and oxygen atoms in total. The minimum Gasteiger partial charge on any atom is -0.430 e. The molecule has 1 N–H and O–H groups in total. The van der Waals surface area contributed by atoms with Crippen LogP contribution in [-0.4, -0.2) is 20.5 Å². The molecule has 0 saturated heterocycles. The van der Waals surface area contributed by atoms with Crippen LogP contribution in [0.1, 0.15) is 21.6 Å². The third-order valence-electron chi connectivity index (χ3n) is 3.95. The zero-order valence-corrected chi connectivity index (χ0v) is 16.0. The maximum Gasteiger partial charge on any atom is 0.299 e. The van der Waals surface area contributed by atoms with Gasteiger partial charge in [0.1, 0.15) is 5.75 Å². The molecular weight excluding hydrogens is 376 g/mol. The van der Waals surface area contributed by atoms with E-state index in [1.807, 2.05) is 25.1 Å². The van der Waals surface area contributed by atoms with Crippen LogP contribution in [0.5, 0.6) is 10.9 Å². The lowest BCUT2D eigenvalue weighted by Gasteiger charge is -2.07. The quantitative estimate of drug-likeness (QED) is 0.571. The van der Waals surface area contributed by atoms with Crippen LogP contribution in [0.3, 0.4) is 0 Å². The van der Waals surface area contributed by atoms with Crippen LogP contribution in [0.2, 0.25) is 0 Å². The molecule has 2 aromatic carbocycles. The van der Waals surface area contributed by atoms with Gasteiger partial charge in [0, 0.05) is 23.0 Å². The number of anilines is 1. The number of amides is 1. The highest BCUT2D eigenvalue weighted by atomic mass is 32.1. The first kappa shape index (κ1) is 17.9. The summed E-state index contributed by atoms with van der Waals surface area (Å²) in [6.45, 7) is 3.70. The van der Waals surface area contributed by atoms with Gasteiger partial charge in [0.25, 0.3) is 16.7 Å². The molecule has 0 bridgehead atoms. The minimum atomic E-state index is -0.247. The topological polar surface area (TPSA) is 85.6 Å². The molecule has 0 aliphatic heterocycles. The summed E-state index contributed by atoms with van der Waals surface area (Å²) in [5, 5.41) is 7.30. The molecule has 0 saturated carbocycles. The van der Waals surface area contributed by atoms with Crippen LogP contribution in [0.15, 0.2) is 59.4 Å². The van der Waals surface area contributed by atoms with Crippen molar-refractivity contribution >= 4 is 27.9 Å². The van der Waals surface area contributed by atoms with Gasteiger partial charge in [-0.1, -0.05) is 17.7 Å². The fourth-order valence-electron chi connectivity index (χ4n) is 2.64. The molecule has 0 spiro atoms. The second-order valence-corrected chi connectivity index (χ2v) is 7.17. The Hall–Kier alpha value is -3.52. The van der Waals surface area contributed by atoms with Gasteiger partial charge in [-0.3, -0.25) is 9.59 Å². The van der Waals surface area contributed by atoms with Gasteiger partial charge >= 0.3 is 0 Å². The van der Waals surface area contributed by atoms with Crippen molar-refractivity contribution in [2.45, 2.75) is 13.8 Å². The highest BCUT2D eigenvalue weighted by molar-refractivity contribution is 7.18. The van der Waals surface area contributed by atoms with E-state index in [-0.39, 0.29) is 11.5 Å². The lowest BCUT2D eigenvalue weighted by atomic mass is 10.1. The predicted octanol–water partition coefficient (Wildman–Crippen LogP) is 3.81. The molecule has 4 rings (SSSR count). The highest BCUT2D eigenvalue weighted by Crippen LogP contribution is 2.26. The summed E-state index contributed by atoms with van der Waals surface area (Å²) in [5.41, 5.74) is 2.66. The van der Waals surface area contributed by atoms with E-state index in [1.54, 1.807) is 37.3 Å². The number of nitrogens with zero attached hydrogens (tertiary/aromatic N) is 3. The number of aromatic nitrogens is 3. The van der Waals surface area contributed by atoms with Crippen LogP contribution in [0.4, 0.5) is 5.69 Å². The zero-order valence-electron chi connectivity index (χ0n) is 15.2. The number of nitrogens with one attached hydrogen (secondary N) is 1. The lowest BCUT2D eigenvalue weighted by Crippen LogP contribution is -2.14. The fourth-order valence-corrected chi connectivity index (χ4v) is 3.46. The van der Waals surface area contributed by atoms with E-state index < -0.39 is 0 Å². The van der Waals surface area contributed by atoms with E-state index in [1.165, 1.54) is 21.9 Å². The third-order valence-corrected chi connectivity index (χ3v) is 4.74. The summed E-state index contributed by atoms with van der Waals surface area (Å²) in [6.07, 6.45) is 0. The average molecular weight is 392 g/mol. The Morgan fingerprint density at radius 3 is 2.64 bits per heavy atom. The summed E-state index contributed by atoms with van der Waals surface area (Å²) in [6, 6.07) is 15.7. The maximum atomic E-state index is 12.3. The summed E-state index contributed by atoms with van der Waals surface area (Å²) >= 11 is 1.18. The molecule has 2 aromatic heterocycles. The van der Waals surface area contributed by atoms with Crippen molar-refractivity contribution in [2.24, 2.45) is 0 Å². The molecule has 28 heavy (non-hydrogen) atoms. The summed E-state index contributed by atoms with van der Waals surface area (Å²) < 4.78 is 6.93. The van der Waals surface area contributed by atoms with Crippen molar-refractivity contribution in [1.29, 1.82) is 0 Å². The van der Waals surface area contributed by atoms with Crippen LogP contribution in [0, 0.1) is 13.8 Å². The highest BCUT2D eigenvalue weighted by Gasteiger charge is 2.10. The van der Waals surface area contributed by atoms with Crippen LogP contribution < -0.4 is 15.6 Å². The van der Waals surface area contributed by atoms with Gasteiger partial charge in [0.2, 0.25) is 4.96 Å². The van der Waals surface area contributed by atoms with Gasteiger partial charge in [-0.2, -0.15) is 4.52 Å². The Balaban J connectivity index is 1.48. The number of benzene rings is 2. The van der Waals surface area contributed by atoms with Crippen molar-refractivity contribution in [1.82, 2.24) is 14.6 Å². The van der Waals surface area contributed by atoms with E-state index in [0.717, 1.165) is 5.56 Å². The van der Waals surface area contributed by atoms with Gasteiger partial charge in [-0.15, -0.1) is 5.10 Å². The van der Waals surface area contributed by atoms with Crippen LogP contribution >= 0.6 is 11.3 Å². The summed E-state index contributed by atoms with van der Waals surface area (Å²) in [7, 11) is 0. The number of rotatable bonds is 4. The first-order valence-corrected chi connectivity index (χ1v) is 9.33. The summed E-state index contributed by atoms with van der Waals surface area (Å²) in [4.78, 5) is 29.0. The van der Waals surface area contributed by atoms with Crippen molar-refractivity contribution < 1.29 is 9.53 Å². The Morgan fingerprint density at radius 2 is 1.89 bits per heavy atom. The second-order valence-electron chi connectivity index (χ2n) is 6.25. The van der Waals surface area contributed by atoms with Crippen molar-refractivity contribution in [3.8, 4) is 10.9 Å². The van der Waals surface area contributed by atoms with Crippen molar-refractivity contribution in [3.05, 3.63) is 81.8 Å². The zero-order chi connectivity index (χ0) is 19.7. The van der Waals surface area contributed by atoms with Crippen LogP contribution in [-0.2, 0) is 0 Å². The molecule has 0 aliphatic carbocycles. The average Bonchev–Trinajstić information content (AvgIpc) is 3.06. The van der Waals surface area contributed by atoms with E-state index in [2.05, 4.69) is 15.4 Å². The third kappa shape index (κ3) is 3.77. The monoisotopic (exact) mass is 392 g/mol. The molecule has 0 aliphatic rings. The van der Waals surface area contributed by atoms with Gasteiger partial charge in [0.05, 0.1) is 0 Å². The SMILES string of the molecule is Cc1cccc(C(=O)Nc2ccc(Oc3nn4c(=O)cc(C)nc4s3)cc2)c1. The largest absolute Gasteiger partial charge is 0.430 e. The van der Waals surface area contributed by atoms with Crippen molar-refractivity contribution in [2.75, 3.05) is 5.32 Å². The molecule has 4 aromatic rings. The lowest BCUT2D eigenvalue weighted by molar-refractivity contribution is 0.102. The minimum absolute atomic E-state index is 0.177. The Morgan fingerprint density at radius 1 is 1.11 bits per heavy atom. The molecule has 0 radical (unpaired) electrons. The first-order valence-electron chi connectivity index (χ1n) is 8.51. The van der Waals surface area contributed by atoms with Crippen LogP contribution in [0.25, 0.3) is 4.96 Å². The van der Waals surface area contributed by atoms with E-state index in [4.69, 9.17) is 4.74 Å². The number of hydrogen-bond donors (Lipinski definition) is 1. The van der Waals surface area contributed by atoms with Gasteiger partial charge in [-0.05, 0) is 61.6 Å². The second kappa shape index (κ2) is 7.24. The number of carbonyl (C=O) groups is 1. The molecule has 2 heterocycles. The number of aryl methyl sites for hydroxylation is 2. The maximum absolute atomic E-state index is 12.3. The van der Waals surface area contributed by atoms with E-state index in [0.29, 0.717) is 32.8 Å². The van der Waals surface area contributed by atoms with Gasteiger partial charge in [-0.25, -0.2) is 4.98 Å². The predicted molar refractivity (Wildman–Crippen MR) is 108 cm³/mol. The Labute approximate surface area is 164 Å². The molecular formula is C20H16N4O3S. The smallest absolute Gasteiger partial charge is 0.299 e. The normalized spacial score (nSPS) is 10.8. The number of fused-ring (bicyclic) bond motifs is 1. The molecule has 0 unspecified atom stereocenters. The standard InChI is InChI=1S/C20H16N4O3S/c1-12-4-3-5-14(10-12)18(26)22-15-6-8-16(9-7-15)27-20-23-24-17(25)11-13(2)21-19(24)28-20/h3-11H,1-2H3,(H,22,26). The van der Waals surface area contributed by atoms with Gasteiger partial charge in [0.15, 0.2) is 0 Å². The first-order chi connectivity index (χ1) is 13.5. The van der Waals surface area contributed by atoms with Crippen molar-refractivity contribution in [3.63, 3.8) is 0 Å². The number of ether oxygens (including phenoxy) is 1. The molecule has 140 valence electrons. The fraction of sp³-hybridized carbons (Fsp3) is 0.100. The Bertz CT molecular complexity index is 1230. The number of carbonyl (C=O) groups excluding carboxylic acids is 1. The molecule has 1 amide bonds. The number of hydrogen-bond acceptors (Lipinski definition) is 6.